The topological polar surface area (TPSA) is 100 Å². The van der Waals surface area contributed by atoms with Crippen molar-refractivity contribution in [2.75, 3.05) is 24.6 Å². The molecular weight excluding hydrogens is 362 g/mol. The third-order valence-corrected chi connectivity index (χ3v) is 9.07. The summed E-state index contributed by atoms with van der Waals surface area (Å²) in [4.78, 5) is 7.77. The van der Waals surface area contributed by atoms with Gasteiger partial charge < -0.3 is 4.98 Å². The van der Waals surface area contributed by atoms with Crippen molar-refractivity contribution >= 4 is 30.9 Å². The summed E-state index contributed by atoms with van der Waals surface area (Å²) < 4.78 is 50.1. The summed E-state index contributed by atoms with van der Waals surface area (Å²) in [6.07, 6.45) is 0.645. The Morgan fingerprint density at radius 3 is 2.72 bits per heavy atom. The second-order valence-electron chi connectivity index (χ2n) is 6.47. The lowest BCUT2D eigenvalue weighted by atomic mass is 10.2. The van der Waals surface area contributed by atoms with E-state index in [9.17, 15) is 16.8 Å². The van der Waals surface area contributed by atoms with Crippen LogP contribution in [-0.4, -0.2) is 61.0 Å². The number of nitrogens with one attached hydrogen (secondary N) is 1. The van der Waals surface area contributed by atoms with Crippen LogP contribution in [0.2, 0.25) is 0 Å². The van der Waals surface area contributed by atoms with Gasteiger partial charge in [-0.25, -0.2) is 26.1 Å². The molecule has 1 aliphatic rings. The zero-order chi connectivity index (χ0) is 18.2. The molecule has 1 fully saturated rings. The Morgan fingerprint density at radius 2 is 2.12 bits per heavy atom. The minimum Gasteiger partial charge on any atom is -0.342 e. The fourth-order valence-electron chi connectivity index (χ4n) is 3.25. The Labute approximate surface area is 148 Å². The number of benzene rings is 1. The number of aromatic amines is 1. The van der Waals surface area contributed by atoms with E-state index in [0.717, 1.165) is 22.4 Å². The lowest BCUT2D eigenvalue weighted by Gasteiger charge is -2.23. The van der Waals surface area contributed by atoms with Crippen molar-refractivity contribution < 1.29 is 16.8 Å². The van der Waals surface area contributed by atoms with E-state index in [4.69, 9.17) is 0 Å². The van der Waals surface area contributed by atoms with Crippen molar-refractivity contribution in [3.05, 3.63) is 29.6 Å². The van der Waals surface area contributed by atoms with E-state index in [0.29, 0.717) is 13.0 Å². The van der Waals surface area contributed by atoms with Gasteiger partial charge in [-0.15, -0.1) is 0 Å². The number of fused-ring (bicyclic) bond motifs is 1. The Morgan fingerprint density at radius 1 is 1.36 bits per heavy atom. The Kier molecular flexibility index (Phi) is 4.91. The second kappa shape index (κ2) is 6.69. The van der Waals surface area contributed by atoms with Crippen molar-refractivity contribution in [1.82, 2.24) is 14.3 Å². The molecule has 1 unspecified atom stereocenters. The molecule has 0 amide bonds. The SMILES string of the molecule is CCN(CCc1nc2c(C)cccc2[nH]1)S(=O)(=O)C1CCS(=O)(=O)C1. The third kappa shape index (κ3) is 3.73. The first-order valence-electron chi connectivity index (χ1n) is 8.36. The first kappa shape index (κ1) is 18.3. The van der Waals surface area contributed by atoms with Gasteiger partial charge in [0.25, 0.3) is 0 Å². The van der Waals surface area contributed by atoms with E-state index in [1.807, 2.05) is 25.1 Å². The second-order valence-corrected chi connectivity index (χ2v) is 10.9. The van der Waals surface area contributed by atoms with Crippen LogP contribution in [0.5, 0.6) is 0 Å². The van der Waals surface area contributed by atoms with E-state index < -0.39 is 25.1 Å². The first-order chi connectivity index (χ1) is 11.7. The number of H-pyrrole nitrogens is 1. The van der Waals surface area contributed by atoms with Crippen molar-refractivity contribution in [1.29, 1.82) is 0 Å². The fourth-order valence-corrected chi connectivity index (χ4v) is 7.79. The van der Waals surface area contributed by atoms with Gasteiger partial charge in [0.2, 0.25) is 10.0 Å². The highest BCUT2D eigenvalue weighted by atomic mass is 32.2. The summed E-state index contributed by atoms with van der Waals surface area (Å²) in [5.74, 6) is 0.421. The zero-order valence-electron chi connectivity index (χ0n) is 14.4. The van der Waals surface area contributed by atoms with Crippen molar-refractivity contribution in [3.8, 4) is 0 Å². The first-order valence-corrected chi connectivity index (χ1v) is 11.7. The van der Waals surface area contributed by atoms with Gasteiger partial charge in [0, 0.05) is 19.5 Å². The number of nitrogens with zero attached hydrogens (tertiary/aromatic N) is 2. The molecule has 9 heteroatoms. The van der Waals surface area contributed by atoms with Crippen LogP contribution in [0.15, 0.2) is 18.2 Å². The molecule has 2 heterocycles. The molecule has 0 saturated carbocycles. The molecular formula is C16H23N3O4S2. The number of hydrogen-bond acceptors (Lipinski definition) is 5. The number of sulfone groups is 1. The van der Waals surface area contributed by atoms with Gasteiger partial charge in [0.15, 0.2) is 9.84 Å². The predicted octanol–water partition coefficient (Wildman–Crippen LogP) is 1.25. The lowest BCUT2D eigenvalue weighted by Crippen LogP contribution is -2.40. The summed E-state index contributed by atoms with van der Waals surface area (Å²) in [7, 11) is -6.85. The number of para-hydroxylation sites is 1. The Balaban J connectivity index is 1.74. The molecule has 2 aromatic rings. The van der Waals surface area contributed by atoms with Crippen LogP contribution in [0.1, 0.15) is 24.7 Å². The minimum absolute atomic E-state index is 0.0443. The van der Waals surface area contributed by atoms with Crippen molar-refractivity contribution in [2.24, 2.45) is 0 Å². The molecule has 0 spiro atoms. The Hall–Kier alpha value is -1.45. The van der Waals surface area contributed by atoms with Gasteiger partial charge in [-0.2, -0.15) is 0 Å². The highest BCUT2D eigenvalue weighted by Gasteiger charge is 2.39. The van der Waals surface area contributed by atoms with E-state index in [1.54, 1.807) is 6.92 Å². The van der Waals surface area contributed by atoms with Crippen LogP contribution in [0.3, 0.4) is 0 Å². The van der Waals surface area contributed by atoms with Crippen molar-refractivity contribution in [3.63, 3.8) is 0 Å². The van der Waals surface area contributed by atoms with Crippen LogP contribution < -0.4 is 0 Å². The maximum Gasteiger partial charge on any atom is 0.218 e. The molecule has 1 saturated heterocycles. The van der Waals surface area contributed by atoms with Gasteiger partial charge in [-0.05, 0) is 25.0 Å². The average molecular weight is 386 g/mol. The molecule has 1 aromatic heterocycles. The zero-order valence-corrected chi connectivity index (χ0v) is 16.0. The average Bonchev–Trinajstić information content (AvgIpc) is 3.12. The highest BCUT2D eigenvalue weighted by molar-refractivity contribution is 7.95. The number of likely N-dealkylation sites (N-methyl/N-ethyl adjacent to an activating group) is 1. The monoisotopic (exact) mass is 385 g/mol. The number of aryl methyl sites for hydroxylation is 1. The van der Waals surface area contributed by atoms with E-state index in [1.165, 1.54) is 4.31 Å². The summed E-state index contributed by atoms with van der Waals surface area (Å²) in [5, 5.41) is -0.824. The van der Waals surface area contributed by atoms with Crippen LogP contribution in [-0.2, 0) is 26.3 Å². The van der Waals surface area contributed by atoms with E-state index in [-0.39, 0.29) is 24.5 Å². The number of sulfonamides is 1. The number of imidazole rings is 1. The van der Waals surface area contributed by atoms with Gasteiger partial charge >= 0.3 is 0 Å². The van der Waals surface area contributed by atoms with Gasteiger partial charge in [-0.3, -0.25) is 0 Å². The van der Waals surface area contributed by atoms with Gasteiger partial charge in [0.1, 0.15) is 5.82 Å². The normalized spacial score (nSPS) is 20.5. The molecule has 7 nitrogen and oxygen atoms in total. The number of hydrogen-bond donors (Lipinski definition) is 1. The maximum absolute atomic E-state index is 12.7. The van der Waals surface area contributed by atoms with E-state index in [2.05, 4.69) is 9.97 Å². The molecule has 25 heavy (non-hydrogen) atoms. The van der Waals surface area contributed by atoms with Crippen LogP contribution in [0.25, 0.3) is 11.0 Å². The number of aromatic nitrogens is 2. The smallest absolute Gasteiger partial charge is 0.218 e. The quantitative estimate of drug-likeness (QED) is 0.807. The standard InChI is InChI=1S/C16H23N3O4S2/c1-3-19(25(22,23)13-8-10-24(20,21)11-13)9-7-15-17-14-6-4-5-12(2)16(14)18-15/h4-6,13H,3,7-11H2,1-2H3,(H,17,18). The lowest BCUT2D eigenvalue weighted by molar-refractivity contribution is 0.421. The summed E-state index contributed by atoms with van der Waals surface area (Å²) in [5.41, 5.74) is 2.89. The summed E-state index contributed by atoms with van der Waals surface area (Å²) in [6.45, 7) is 4.35. The molecule has 1 aliphatic heterocycles. The highest BCUT2D eigenvalue weighted by Crippen LogP contribution is 2.22. The summed E-state index contributed by atoms with van der Waals surface area (Å²) in [6, 6.07) is 5.87. The molecule has 0 radical (unpaired) electrons. The number of rotatable bonds is 6. The maximum atomic E-state index is 12.7. The predicted molar refractivity (Wildman–Crippen MR) is 97.8 cm³/mol. The van der Waals surface area contributed by atoms with Crippen LogP contribution >= 0.6 is 0 Å². The summed E-state index contributed by atoms with van der Waals surface area (Å²) >= 11 is 0. The molecule has 1 aromatic carbocycles. The fraction of sp³-hybridized carbons (Fsp3) is 0.562. The largest absolute Gasteiger partial charge is 0.342 e. The van der Waals surface area contributed by atoms with Gasteiger partial charge in [-0.1, -0.05) is 19.1 Å². The van der Waals surface area contributed by atoms with Crippen LogP contribution in [0, 0.1) is 6.92 Å². The molecule has 3 rings (SSSR count). The third-order valence-electron chi connectivity index (χ3n) is 4.69. The molecule has 0 aliphatic carbocycles. The molecule has 0 bridgehead atoms. The van der Waals surface area contributed by atoms with E-state index >= 15 is 0 Å². The van der Waals surface area contributed by atoms with Crippen molar-refractivity contribution in [2.45, 2.75) is 31.9 Å². The minimum atomic E-state index is -3.62. The molecule has 1 atom stereocenters. The van der Waals surface area contributed by atoms with Gasteiger partial charge in [0.05, 0.1) is 27.8 Å². The van der Waals surface area contributed by atoms with Crippen LogP contribution in [0.4, 0.5) is 0 Å². The Bertz CT molecular complexity index is 980. The molecule has 138 valence electrons. The molecule has 1 N–H and O–H groups in total.